The van der Waals surface area contributed by atoms with Gasteiger partial charge in [-0.25, -0.2) is 4.90 Å². The van der Waals surface area contributed by atoms with Crippen molar-refractivity contribution in [1.29, 1.82) is 5.26 Å². The fourth-order valence-corrected chi connectivity index (χ4v) is 4.29. The van der Waals surface area contributed by atoms with Crippen LogP contribution in [0.4, 0.5) is 18.9 Å². The van der Waals surface area contributed by atoms with E-state index in [-0.39, 0.29) is 23.8 Å². The molecule has 3 rings (SSSR count). The number of rotatable bonds is 8. The maximum Gasteiger partial charge on any atom is 0.417 e. The number of piperazine rings is 1. The zero-order valence-electron chi connectivity index (χ0n) is 19.7. The number of methoxy groups -OCH3 is 1. The van der Waals surface area contributed by atoms with Gasteiger partial charge in [-0.05, 0) is 50.9 Å². The van der Waals surface area contributed by atoms with Crippen LogP contribution >= 0.6 is 0 Å². The first-order valence-electron chi connectivity index (χ1n) is 11.3. The highest BCUT2D eigenvalue weighted by Crippen LogP contribution is 2.36. The van der Waals surface area contributed by atoms with Gasteiger partial charge >= 0.3 is 6.18 Å². The third kappa shape index (κ3) is 5.89. The van der Waals surface area contributed by atoms with Crippen molar-refractivity contribution in [1.82, 2.24) is 9.80 Å². The molecule has 1 saturated heterocycles. The highest BCUT2D eigenvalue weighted by molar-refractivity contribution is 6.32. The predicted octanol–water partition coefficient (Wildman–Crippen LogP) is 2.73. The van der Waals surface area contributed by atoms with Gasteiger partial charge in [-0.1, -0.05) is 0 Å². The number of carbonyl (C=O) groups excluding carboxylic acids is 3. The average molecular weight is 492 g/mol. The Kier molecular flexibility index (Phi) is 8.30. The second-order valence-corrected chi connectivity index (χ2v) is 8.50. The molecule has 0 aromatic heterocycles. The molecule has 0 saturated carbocycles. The molecule has 0 unspecified atom stereocenters. The van der Waals surface area contributed by atoms with Gasteiger partial charge in [0.1, 0.15) is 6.61 Å². The Morgan fingerprint density at radius 2 is 1.80 bits per heavy atom. The van der Waals surface area contributed by atoms with Crippen LogP contribution in [0.3, 0.4) is 0 Å². The molecular weight excluding hydrogens is 465 g/mol. The number of benzene rings is 1. The van der Waals surface area contributed by atoms with E-state index in [9.17, 15) is 27.6 Å². The number of unbranched alkanes of at least 4 members (excludes halogenated alkanes) is 1. The fourth-order valence-electron chi connectivity index (χ4n) is 4.29. The van der Waals surface area contributed by atoms with Crippen molar-refractivity contribution >= 4 is 23.4 Å². The standard InChI is InChI=1S/C24H27F3N4O4/c1-16-19(5-3-4-8-29-9-11-30(12-10-29)21(32)15-35-2)23(34)31(22(16)33)18-7-6-17(14-28)20(13-18)24(25,26)27/h6-7,13H,3-5,8-12,15H2,1-2H3. The van der Waals surface area contributed by atoms with Gasteiger partial charge in [0.25, 0.3) is 11.8 Å². The summed E-state index contributed by atoms with van der Waals surface area (Å²) in [5.41, 5.74) is -1.45. The monoisotopic (exact) mass is 492 g/mol. The van der Waals surface area contributed by atoms with Crippen molar-refractivity contribution in [2.24, 2.45) is 0 Å². The third-order valence-corrected chi connectivity index (χ3v) is 6.27. The third-order valence-electron chi connectivity index (χ3n) is 6.27. The van der Waals surface area contributed by atoms with Crippen LogP contribution in [0.25, 0.3) is 0 Å². The number of imide groups is 1. The van der Waals surface area contributed by atoms with Crippen LogP contribution in [0.1, 0.15) is 37.3 Å². The van der Waals surface area contributed by atoms with E-state index in [1.54, 1.807) is 4.90 Å². The van der Waals surface area contributed by atoms with Crippen LogP contribution in [-0.2, 0) is 25.3 Å². The van der Waals surface area contributed by atoms with Crippen molar-refractivity contribution in [2.75, 3.05) is 51.3 Å². The zero-order chi connectivity index (χ0) is 25.8. The van der Waals surface area contributed by atoms with Gasteiger partial charge in [0.05, 0.1) is 22.9 Å². The molecule has 3 amide bonds. The summed E-state index contributed by atoms with van der Waals surface area (Å²) in [5, 5.41) is 8.97. The van der Waals surface area contributed by atoms with E-state index >= 15 is 0 Å². The number of amides is 3. The van der Waals surface area contributed by atoms with Gasteiger partial charge in [0, 0.05) is 44.4 Å². The van der Waals surface area contributed by atoms with Gasteiger partial charge < -0.3 is 9.64 Å². The molecule has 2 aliphatic heterocycles. The Morgan fingerprint density at radius 1 is 1.11 bits per heavy atom. The number of nitrogens with zero attached hydrogens (tertiary/aromatic N) is 4. The van der Waals surface area contributed by atoms with Gasteiger partial charge in [-0.3, -0.25) is 19.3 Å². The summed E-state index contributed by atoms with van der Waals surface area (Å²) in [6.45, 7) is 5.07. The minimum Gasteiger partial charge on any atom is -0.375 e. The van der Waals surface area contributed by atoms with Gasteiger partial charge in [0.2, 0.25) is 5.91 Å². The molecule has 11 heteroatoms. The number of halogens is 3. The number of anilines is 1. The van der Waals surface area contributed by atoms with Crippen LogP contribution in [0.5, 0.6) is 0 Å². The number of nitriles is 1. The van der Waals surface area contributed by atoms with Crippen LogP contribution in [-0.4, -0.2) is 74.0 Å². The lowest BCUT2D eigenvalue weighted by atomic mass is 10.0. The Morgan fingerprint density at radius 3 is 2.40 bits per heavy atom. The summed E-state index contributed by atoms with van der Waals surface area (Å²) in [6, 6.07) is 4.30. The molecule has 8 nitrogen and oxygen atoms in total. The number of carbonyl (C=O) groups is 3. The summed E-state index contributed by atoms with van der Waals surface area (Å²) in [7, 11) is 1.48. The summed E-state index contributed by atoms with van der Waals surface area (Å²) in [6.07, 6.45) is -3.06. The van der Waals surface area contributed by atoms with Crippen LogP contribution in [0.2, 0.25) is 0 Å². The molecule has 1 aromatic rings. The van der Waals surface area contributed by atoms with Crippen molar-refractivity contribution in [3.63, 3.8) is 0 Å². The van der Waals surface area contributed by atoms with Crippen LogP contribution < -0.4 is 4.90 Å². The summed E-state index contributed by atoms with van der Waals surface area (Å²) in [5.74, 6) is -1.32. The minimum absolute atomic E-state index is 0.0341. The van der Waals surface area contributed by atoms with Crippen LogP contribution in [0.15, 0.2) is 29.3 Å². The average Bonchev–Trinajstić information content (AvgIpc) is 3.04. The zero-order valence-corrected chi connectivity index (χ0v) is 19.7. The molecule has 35 heavy (non-hydrogen) atoms. The lowest BCUT2D eigenvalue weighted by molar-refractivity contribution is -0.138. The van der Waals surface area contributed by atoms with E-state index in [0.717, 1.165) is 37.0 Å². The molecule has 0 spiro atoms. The van der Waals surface area contributed by atoms with Crippen LogP contribution in [0, 0.1) is 11.3 Å². The van der Waals surface area contributed by atoms with E-state index in [2.05, 4.69) is 4.90 Å². The van der Waals surface area contributed by atoms with Crippen molar-refractivity contribution in [3.8, 4) is 6.07 Å². The van der Waals surface area contributed by atoms with E-state index in [4.69, 9.17) is 10.00 Å². The summed E-state index contributed by atoms with van der Waals surface area (Å²) in [4.78, 5) is 42.2. The molecule has 188 valence electrons. The first-order valence-corrected chi connectivity index (χ1v) is 11.3. The molecule has 0 atom stereocenters. The molecule has 1 aromatic carbocycles. The number of hydrogen-bond donors (Lipinski definition) is 0. The number of alkyl halides is 3. The Labute approximate surface area is 201 Å². The van der Waals surface area contributed by atoms with Crippen molar-refractivity contribution < 1.29 is 32.3 Å². The highest BCUT2D eigenvalue weighted by Gasteiger charge is 2.39. The molecule has 1 fully saturated rings. The minimum atomic E-state index is -4.79. The first-order chi connectivity index (χ1) is 16.6. The number of ether oxygens (including phenoxy) is 1. The Bertz CT molecular complexity index is 1070. The highest BCUT2D eigenvalue weighted by atomic mass is 19.4. The Balaban J connectivity index is 1.56. The van der Waals surface area contributed by atoms with Crippen molar-refractivity contribution in [3.05, 3.63) is 40.5 Å². The summed E-state index contributed by atoms with van der Waals surface area (Å²) < 4.78 is 44.9. The van der Waals surface area contributed by atoms with Gasteiger partial charge in [0.15, 0.2) is 0 Å². The molecule has 2 heterocycles. The largest absolute Gasteiger partial charge is 0.417 e. The van der Waals surface area contributed by atoms with Gasteiger partial charge in [-0.15, -0.1) is 0 Å². The molecule has 0 radical (unpaired) electrons. The van der Waals surface area contributed by atoms with E-state index in [0.29, 0.717) is 37.6 Å². The SMILES string of the molecule is COCC(=O)N1CCN(CCCCC2=C(C)C(=O)N(c3ccc(C#N)c(C(F)(F)F)c3)C2=O)CC1. The van der Waals surface area contributed by atoms with Crippen molar-refractivity contribution in [2.45, 2.75) is 32.4 Å². The second kappa shape index (κ2) is 11.0. The predicted molar refractivity (Wildman–Crippen MR) is 120 cm³/mol. The second-order valence-electron chi connectivity index (χ2n) is 8.50. The topological polar surface area (TPSA) is 93.9 Å². The smallest absolute Gasteiger partial charge is 0.375 e. The molecule has 0 bridgehead atoms. The first kappa shape index (κ1) is 26.4. The maximum atomic E-state index is 13.3. The fraction of sp³-hybridized carbons (Fsp3) is 0.500. The molecular formula is C24H27F3N4O4. The summed E-state index contributed by atoms with van der Waals surface area (Å²) >= 11 is 0. The Hall–Kier alpha value is -3.23. The molecule has 0 aliphatic carbocycles. The maximum absolute atomic E-state index is 13.3. The quantitative estimate of drug-likeness (QED) is 0.409. The lowest BCUT2D eigenvalue weighted by Crippen LogP contribution is -2.49. The van der Waals surface area contributed by atoms with Gasteiger partial charge in [-0.2, -0.15) is 18.4 Å². The molecule has 0 N–H and O–H groups in total. The number of hydrogen-bond acceptors (Lipinski definition) is 6. The van der Waals surface area contributed by atoms with E-state index < -0.39 is 29.1 Å². The normalized spacial score (nSPS) is 17.4. The lowest BCUT2D eigenvalue weighted by Gasteiger charge is -2.34. The van der Waals surface area contributed by atoms with E-state index in [1.807, 2.05) is 0 Å². The molecule has 2 aliphatic rings. The van der Waals surface area contributed by atoms with E-state index in [1.165, 1.54) is 26.2 Å².